The van der Waals surface area contributed by atoms with E-state index in [1.807, 2.05) is 0 Å². The second-order valence-electron chi connectivity index (χ2n) is 3.44. The van der Waals surface area contributed by atoms with Gasteiger partial charge in [0.1, 0.15) is 10.0 Å². The number of hydrogen-bond acceptors (Lipinski definition) is 5. The molecule has 6 heteroatoms. The smallest absolute Gasteiger partial charge is 0.138 e. The number of likely N-dealkylation sites (tertiary alicyclic amines) is 1. The van der Waals surface area contributed by atoms with E-state index in [0.717, 1.165) is 25.1 Å². The van der Waals surface area contributed by atoms with Gasteiger partial charge in [0, 0.05) is 24.1 Å². The van der Waals surface area contributed by atoms with E-state index in [2.05, 4.69) is 14.5 Å². The zero-order chi connectivity index (χ0) is 9.97. The summed E-state index contributed by atoms with van der Waals surface area (Å²) >= 11 is 7.13. The second kappa shape index (κ2) is 4.53. The molecule has 1 N–H and O–H groups in total. The van der Waals surface area contributed by atoms with Gasteiger partial charge < -0.3 is 5.11 Å². The Kier molecular flexibility index (Phi) is 3.33. The Morgan fingerprint density at radius 1 is 1.64 bits per heavy atom. The van der Waals surface area contributed by atoms with Crippen LogP contribution < -0.4 is 0 Å². The molecule has 0 aliphatic carbocycles. The number of aliphatic hydroxyl groups excluding tert-OH is 1. The van der Waals surface area contributed by atoms with Gasteiger partial charge in [-0.3, -0.25) is 4.90 Å². The third-order valence-corrected chi connectivity index (χ3v) is 3.56. The first kappa shape index (κ1) is 10.3. The summed E-state index contributed by atoms with van der Waals surface area (Å²) in [7, 11) is 0. The minimum absolute atomic E-state index is 0.217. The fourth-order valence-corrected chi connectivity index (χ4v) is 2.41. The van der Waals surface area contributed by atoms with Crippen LogP contribution in [0.1, 0.15) is 18.5 Å². The quantitative estimate of drug-likeness (QED) is 0.851. The van der Waals surface area contributed by atoms with Gasteiger partial charge in [0.2, 0.25) is 0 Å². The monoisotopic (exact) mass is 233 g/mol. The maximum absolute atomic E-state index is 9.13. The van der Waals surface area contributed by atoms with Crippen LogP contribution in [0.4, 0.5) is 0 Å². The first-order chi connectivity index (χ1) is 6.81. The lowest BCUT2D eigenvalue weighted by molar-refractivity contribution is 0.152. The van der Waals surface area contributed by atoms with E-state index in [1.165, 1.54) is 11.5 Å². The standard InChI is InChI=1S/C8H12ClN3OS/c9-8-7(10-11-14-8)4-12-3-1-2-6(12)5-13/h6,13H,1-5H2/t6-/m0/s1. The lowest BCUT2D eigenvalue weighted by Crippen LogP contribution is -2.31. The summed E-state index contributed by atoms with van der Waals surface area (Å²) in [6.45, 7) is 1.94. The van der Waals surface area contributed by atoms with Crippen molar-refractivity contribution in [1.29, 1.82) is 0 Å². The minimum atomic E-state index is 0.217. The van der Waals surface area contributed by atoms with Crippen molar-refractivity contribution in [1.82, 2.24) is 14.5 Å². The number of hydrogen-bond donors (Lipinski definition) is 1. The summed E-state index contributed by atoms with van der Waals surface area (Å²) in [5.74, 6) is 0. The van der Waals surface area contributed by atoms with E-state index >= 15 is 0 Å². The predicted octanol–water partition coefficient (Wildman–Crippen LogP) is 1.15. The molecule has 2 rings (SSSR count). The molecule has 0 radical (unpaired) electrons. The zero-order valence-electron chi connectivity index (χ0n) is 7.69. The summed E-state index contributed by atoms with van der Waals surface area (Å²) in [6.07, 6.45) is 2.20. The Hall–Kier alpha value is -0.230. The minimum Gasteiger partial charge on any atom is -0.395 e. The van der Waals surface area contributed by atoms with Gasteiger partial charge in [-0.25, -0.2) is 0 Å². The van der Waals surface area contributed by atoms with E-state index in [0.29, 0.717) is 10.9 Å². The van der Waals surface area contributed by atoms with Crippen LogP contribution in [0.2, 0.25) is 4.34 Å². The Bertz CT molecular complexity index is 307. The van der Waals surface area contributed by atoms with E-state index in [9.17, 15) is 0 Å². The van der Waals surface area contributed by atoms with Crippen molar-refractivity contribution in [3.8, 4) is 0 Å². The lowest BCUT2D eigenvalue weighted by Gasteiger charge is -2.21. The summed E-state index contributed by atoms with van der Waals surface area (Å²) in [6, 6.07) is 0.271. The second-order valence-corrected chi connectivity index (χ2v) is 4.80. The van der Waals surface area contributed by atoms with E-state index in [1.54, 1.807) is 0 Å². The molecule has 1 fully saturated rings. The molecule has 0 unspecified atom stereocenters. The van der Waals surface area contributed by atoms with Gasteiger partial charge in [-0.15, -0.1) is 5.10 Å². The molecule has 1 aromatic rings. The average Bonchev–Trinajstić information content (AvgIpc) is 2.77. The van der Waals surface area contributed by atoms with Crippen LogP contribution in [0.25, 0.3) is 0 Å². The van der Waals surface area contributed by atoms with E-state index in [4.69, 9.17) is 16.7 Å². The van der Waals surface area contributed by atoms with Crippen molar-refractivity contribution < 1.29 is 5.11 Å². The molecule has 0 aromatic carbocycles. The third-order valence-electron chi connectivity index (χ3n) is 2.57. The zero-order valence-corrected chi connectivity index (χ0v) is 9.26. The number of nitrogens with zero attached hydrogens (tertiary/aromatic N) is 3. The molecule has 0 spiro atoms. The van der Waals surface area contributed by atoms with Gasteiger partial charge in [0.25, 0.3) is 0 Å². The third kappa shape index (κ3) is 2.06. The summed E-state index contributed by atoms with van der Waals surface area (Å²) in [5.41, 5.74) is 0.831. The first-order valence-electron chi connectivity index (χ1n) is 4.63. The van der Waals surface area contributed by atoms with Crippen molar-refractivity contribution in [2.75, 3.05) is 13.2 Å². The van der Waals surface area contributed by atoms with E-state index < -0.39 is 0 Å². The Morgan fingerprint density at radius 2 is 2.50 bits per heavy atom. The Morgan fingerprint density at radius 3 is 3.14 bits per heavy atom. The Balaban J connectivity index is 2.00. The highest BCUT2D eigenvalue weighted by Gasteiger charge is 2.25. The van der Waals surface area contributed by atoms with Crippen LogP contribution >= 0.6 is 23.1 Å². The highest BCUT2D eigenvalue weighted by Crippen LogP contribution is 2.23. The highest BCUT2D eigenvalue weighted by atomic mass is 35.5. The molecule has 0 amide bonds. The van der Waals surface area contributed by atoms with Gasteiger partial charge in [0.05, 0.1) is 6.61 Å². The van der Waals surface area contributed by atoms with E-state index in [-0.39, 0.29) is 12.6 Å². The fraction of sp³-hybridized carbons (Fsp3) is 0.750. The molecule has 1 atom stereocenters. The molecule has 14 heavy (non-hydrogen) atoms. The molecule has 1 saturated heterocycles. The van der Waals surface area contributed by atoms with Gasteiger partial charge in [0.15, 0.2) is 0 Å². The molecule has 0 saturated carbocycles. The number of aliphatic hydroxyl groups is 1. The molecule has 1 aromatic heterocycles. The molecular formula is C8H12ClN3OS. The predicted molar refractivity (Wildman–Crippen MR) is 55.4 cm³/mol. The largest absolute Gasteiger partial charge is 0.395 e. The maximum Gasteiger partial charge on any atom is 0.138 e. The maximum atomic E-state index is 9.13. The van der Waals surface area contributed by atoms with Crippen LogP contribution in [0.5, 0.6) is 0 Å². The Labute approximate surface area is 91.7 Å². The van der Waals surface area contributed by atoms with Crippen LogP contribution in [0.15, 0.2) is 0 Å². The molecule has 78 valence electrons. The van der Waals surface area contributed by atoms with Crippen LogP contribution in [-0.2, 0) is 6.54 Å². The number of aromatic nitrogens is 2. The summed E-state index contributed by atoms with van der Waals surface area (Å²) in [5, 5.41) is 13.1. The van der Waals surface area contributed by atoms with Crippen molar-refractivity contribution in [2.45, 2.75) is 25.4 Å². The topological polar surface area (TPSA) is 49.2 Å². The molecule has 1 aliphatic heterocycles. The van der Waals surface area contributed by atoms with Crippen molar-refractivity contribution in [3.05, 3.63) is 10.0 Å². The molecule has 4 nitrogen and oxygen atoms in total. The molecular weight excluding hydrogens is 222 g/mol. The summed E-state index contributed by atoms with van der Waals surface area (Å²) < 4.78 is 4.45. The van der Waals surface area contributed by atoms with Gasteiger partial charge in [-0.2, -0.15) is 0 Å². The fourth-order valence-electron chi connectivity index (χ4n) is 1.79. The van der Waals surface area contributed by atoms with Crippen LogP contribution in [0.3, 0.4) is 0 Å². The first-order valence-corrected chi connectivity index (χ1v) is 5.78. The number of rotatable bonds is 3. The highest BCUT2D eigenvalue weighted by molar-refractivity contribution is 7.10. The average molecular weight is 234 g/mol. The summed E-state index contributed by atoms with van der Waals surface area (Å²) in [4.78, 5) is 2.21. The van der Waals surface area contributed by atoms with Crippen molar-refractivity contribution >= 4 is 23.1 Å². The molecule has 2 heterocycles. The van der Waals surface area contributed by atoms with Gasteiger partial charge >= 0.3 is 0 Å². The van der Waals surface area contributed by atoms with Crippen molar-refractivity contribution in [3.63, 3.8) is 0 Å². The lowest BCUT2D eigenvalue weighted by atomic mass is 10.2. The SMILES string of the molecule is OC[C@@H]1CCCN1Cc1nnsc1Cl. The molecule has 0 bridgehead atoms. The van der Waals surface area contributed by atoms with Crippen LogP contribution in [-0.4, -0.2) is 38.8 Å². The van der Waals surface area contributed by atoms with Crippen molar-refractivity contribution in [2.24, 2.45) is 0 Å². The van der Waals surface area contributed by atoms with Crippen LogP contribution in [0, 0.1) is 0 Å². The number of halogens is 1. The normalized spacial score (nSPS) is 23.1. The molecule has 1 aliphatic rings. The van der Waals surface area contributed by atoms with Gasteiger partial charge in [-0.05, 0) is 19.4 Å². The van der Waals surface area contributed by atoms with Gasteiger partial charge in [-0.1, -0.05) is 16.1 Å².